The average molecular weight is 246 g/mol. The van der Waals surface area contributed by atoms with E-state index in [0.29, 0.717) is 0 Å². The fourth-order valence-corrected chi connectivity index (χ4v) is 1.72. The van der Waals surface area contributed by atoms with Crippen LogP contribution in [-0.2, 0) is 17.8 Å². The summed E-state index contributed by atoms with van der Waals surface area (Å²) < 4.78 is 7.15. The van der Waals surface area contributed by atoms with Gasteiger partial charge in [0.15, 0.2) is 0 Å². The van der Waals surface area contributed by atoms with Gasteiger partial charge in [-0.15, -0.1) is 0 Å². The van der Waals surface area contributed by atoms with Gasteiger partial charge < -0.3 is 14.6 Å². The highest BCUT2D eigenvalue weighted by Crippen LogP contribution is 2.07. The van der Waals surface area contributed by atoms with Crippen LogP contribution in [0.4, 0.5) is 5.95 Å². The lowest BCUT2D eigenvalue weighted by molar-refractivity contribution is 0.190. The number of nitrogens with one attached hydrogen (secondary N) is 1. The zero-order valence-electron chi connectivity index (χ0n) is 10.5. The summed E-state index contributed by atoms with van der Waals surface area (Å²) in [6.45, 7) is 2.43. The summed E-state index contributed by atoms with van der Waals surface area (Å²) in [5.74, 6) is 0.892. The van der Waals surface area contributed by atoms with Crippen molar-refractivity contribution in [3.8, 4) is 0 Å². The number of aryl methyl sites for hydroxylation is 1. The van der Waals surface area contributed by atoms with E-state index in [1.165, 1.54) is 5.56 Å². The third kappa shape index (κ3) is 3.56. The molecule has 1 N–H and O–H groups in total. The van der Waals surface area contributed by atoms with Crippen molar-refractivity contribution in [3.05, 3.63) is 42.5 Å². The molecule has 0 saturated carbocycles. The average Bonchev–Trinajstić information content (AvgIpc) is 2.86. The predicted molar refractivity (Wildman–Crippen MR) is 70.3 cm³/mol. The number of methoxy groups -OCH3 is 1. The van der Waals surface area contributed by atoms with Crippen molar-refractivity contribution in [2.45, 2.75) is 19.5 Å². The number of hydrogen-bond acceptors (Lipinski definition) is 4. The third-order valence-corrected chi connectivity index (χ3v) is 2.66. The zero-order chi connectivity index (χ0) is 12.6. The summed E-state index contributed by atoms with van der Waals surface area (Å²) in [6.07, 6.45) is 8.35. The Hall–Kier alpha value is -1.88. The molecule has 2 aromatic heterocycles. The lowest BCUT2D eigenvalue weighted by Gasteiger charge is -2.09. The quantitative estimate of drug-likeness (QED) is 0.758. The number of ether oxygens (including phenoxy) is 1. The SMILES string of the molecule is COCCCn1ccnc1NCc1ccncc1. The van der Waals surface area contributed by atoms with Gasteiger partial charge in [-0.05, 0) is 24.1 Å². The van der Waals surface area contributed by atoms with Crippen LogP contribution in [0.2, 0.25) is 0 Å². The molecule has 0 saturated heterocycles. The highest BCUT2D eigenvalue weighted by atomic mass is 16.5. The third-order valence-electron chi connectivity index (χ3n) is 2.66. The molecule has 96 valence electrons. The van der Waals surface area contributed by atoms with E-state index in [-0.39, 0.29) is 0 Å². The second-order valence-corrected chi connectivity index (χ2v) is 4.00. The van der Waals surface area contributed by atoms with Crippen molar-refractivity contribution < 1.29 is 4.74 Å². The Morgan fingerprint density at radius 2 is 2.11 bits per heavy atom. The van der Waals surface area contributed by atoms with Gasteiger partial charge in [0.1, 0.15) is 0 Å². The summed E-state index contributed by atoms with van der Waals surface area (Å²) in [5, 5.41) is 3.32. The number of anilines is 1. The van der Waals surface area contributed by atoms with E-state index >= 15 is 0 Å². The van der Waals surface area contributed by atoms with E-state index in [0.717, 1.165) is 32.1 Å². The molecule has 0 aliphatic rings. The van der Waals surface area contributed by atoms with E-state index in [1.807, 2.05) is 24.5 Å². The van der Waals surface area contributed by atoms with Crippen LogP contribution in [0.5, 0.6) is 0 Å². The van der Waals surface area contributed by atoms with E-state index in [2.05, 4.69) is 19.9 Å². The summed E-state index contributed by atoms with van der Waals surface area (Å²) in [7, 11) is 1.72. The first-order chi connectivity index (χ1) is 8.90. The predicted octanol–water partition coefficient (Wildman–Crippen LogP) is 1.93. The molecule has 2 aromatic rings. The molecule has 0 aliphatic heterocycles. The van der Waals surface area contributed by atoms with Gasteiger partial charge in [-0.25, -0.2) is 4.98 Å². The standard InChI is InChI=1S/C13H18N4O/c1-18-10-2-8-17-9-7-15-13(17)16-11-12-3-5-14-6-4-12/h3-7,9H,2,8,10-11H2,1H3,(H,15,16). The zero-order valence-corrected chi connectivity index (χ0v) is 10.5. The minimum absolute atomic E-state index is 0.754. The summed E-state index contributed by atoms with van der Waals surface area (Å²) in [6, 6.07) is 3.98. The number of aromatic nitrogens is 3. The first kappa shape index (κ1) is 12.6. The monoisotopic (exact) mass is 246 g/mol. The molecule has 5 nitrogen and oxygen atoms in total. The van der Waals surface area contributed by atoms with Crippen LogP contribution in [0.1, 0.15) is 12.0 Å². The van der Waals surface area contributed by atoms with Crippen LogP contribution >= 0.6 is 0 Å². The van der Waals surface area contributed by atoms with E-state index < -0.39 is 0 Å². The highest BCUT2D eigenvalue weighted by molar-refractivity contribution is 5.28. The maximum Gasteiger partial charge on any atom is 0.203 e. The van der Waals surface area contributed by atoms with Crippen LogP contribution in [0.3, 0.4) is 0 Å². The Labute approximate surface area is 107 Å². The van der Waals surface area contributed by atoms with Gasteiger partial charge in [-0.1, -0.05) is 0 Å². The Morgan fingerprint density at radius 3 is 2.89 bits per heavy atom. The second kappa shape index (κ2) is 6.76. The topological polar surface area (TPSA) is 52.0 Å². The molecule has 2 heterocycles. The minimum atomic E-state index is 0.754. The lowest BCUT2D eigenvalue weighted by Crippen LogP contribution is -2.08. The van der Waals surface area contributed by atoms with Gasteiger partial charge in [-0.2, -0.15) is 0 Å². The Kier molecular flexibility index (Phi) is 4.72. The first-order valence-corrected chi connectivity index (χ1v) is 6.03. The summed E-state index contributed by atoms with van der Waals surface area (Å²) in [5.41, 5.74) is 1.19. The first-order valence-electron chi connectivity index (χ1n) is 6.03. The Morgan fingerprint density at radius 1 is 1.28 bits per heavy atom. The number of pyridine rings is 1. The molecule has 0 unspecified atom stereocenters. The van der Waals surface area contributed by atoms with Gasteiger partial charge in [0.2, 0.25) is 5.95 Å². The van der Waals surface area contributed by atoms with Gasteiger partial charge >= 0.3 is 0 Å². The molecule has 0 amide bonds. The van der Waals surface area contributed by atoms with Crippen molar-refractivity contribution in [1.82, 2.24) is 14.5 Å². The molecule has 0 atom stereocenters. The number of imidazole rings is 1. The van der Waals surface area contributed by atoms with Crippen LogP contribution < -0.4 is 5.32 Å². The van der Waals surface area contributed by atoms with Crippen LogP contribution in [0.25, 0.3) is 0 Å². The Bertz CT molecular complexity index is 455. The molecular formula is C13H18N4O. The van der Waals surface area contributed by atoms with Gasteiger partial charge in [0.05, 0.1) is 0 Å². The Balaban J connectivity index is 1.87. The maximum absolute atomic E-state index is 5.05. The van der Waals surface area contributed by atoms with Crippen molar-refractivity contribution in [2.24, 2.45) is 0 Å². The normalized spacial score (nSPS) is 10.5. The fourth-order valence-electron chi connectivity index (χ4n) is 1.72. The minimum Gasteiger partial charge on any atom is -0.385 e. The molecule has 2 rings (SSSR count). The van der Waals surface area contributed by atoms with Crippen molar-refractivity contribution in [2.75, 3.05) is 19.0 Å². The molecule has 18 heavy (non-hydrogen) atoms. The van der Waals surface area contributed by atoms with Crippen LogP contribution in [-0.4, -0.2) is 28.3 Å². The highest BCUT2D eigenvalue weighted by Gasteiger charge is 2.01. The molecule has 0 fully saturated rings. The fraction of sp³-hybridized carbons (Fsp3) is 0.385. The van der Waals surface area contributed by atoms with Crippen molar-refractivity contribution >= 4 is 5.95 Å². The van der Waals surface area contributed by atoms with Crippen LogP contribution in [0.15, 0.2) is 36.9 Å². The largest absolute Gasteiger partial charge is 0.385 e. The van der Waals surface area contributed by atoms with Gasteiger partial charge in [-0.3, -0.25) is 4.98 Å². The molecule has 0 aromatic carbocycles. The van der Waals surface area contributed by atoms with E-state index in [1.54, 1.807) is 19.5 Å². The molecule has 5 heteroatoms. The van der Waals surface area contributed by atoms with Crippen LogP contribution in [0, 0.1) is 0 Å². The van der Waals surface area contributed by atoms with E-state index in [4.69, 9.17) is 4.74 Å². The van der Waals surface area contributed by atoms with Gasteiger partial charge in [0, 0.05) is 51.6 Å². The summed E-state index contributed by atoms with van der Waals surface area (Å²) in [4.78, 5) is 8.30. The van der Waals surface area contributed by atoms with E-state index in [9.17, 15) is 0 Å². The molecule has 0 bridgehead atoms. The maximum atomic E-state index is 5.05. The molecular weight excluding hydrogens is 228 g/mol. The van der Waals surface area contributed by atoms with Gasteiger partial charge in [0.25, 0.3) is 0 Å². The molecule has 0 spiro atoms. The second-order valence-electron chi connectivity index (χ2n) is 4.00. The molecule has 0 aliphatic carbocycles. The number of rotatable bonds is 7. The van der Waals surface area contributed by atoms with Crippen molar-refractivity contribution in [3.63, 3.8) is 0 Å². The lowest BCUT2D eigenvalue weighted by atomic mass is 10.3. The summed E-state index contributed by atoms with van der Waals surface area (Å²) >= 11 is 0. The van der Waals surface area contributed by atoms with Crippen molar-refractivity contribution in [1.29, 1.82) is 0 Å². The number of hydrogen-bond donors (Lipinski definition) is 1. The smallest absolute Gasteiger partial charge is 0.203 e. The number of nitrogens with zero attached hydrogens (tertiary/aromatic N) is 3. The molecule has 0 radical (unpaired) electrons.